The number of benzene rings is 1. The van der Waals surface area contributed by atoms with Crippen LogP contribution in [0.4, 0.5) is 0 Å². The Hall–Kier alpha value is -0.740. The van der Waals surface area contributed by atoms with Crippen molar-refractivity contribution < 1.29 is 9.47 Å². The van der Waals surface area contributed by atoms with Gasteiger partial charge in [-0.3, -0.25) is 0 Å². The molecule has 1 rings (SSSR count). The summed E-state index contributed by atoms with van der Waals surface area (Å²) in [5.41, 5.74) is 1.18. The second kappa shape index (κ2) is 8.43. The van der Waals surface area contributed by atoms with Crippen molar-refractivity contribution >= 4 is 15.9 Å². The number of hydrogen-bond acceptors (Lipinski definition) is 3. The van der Waals surface area contributed by atoms with E-state index in [1.165, 1.54) is 5.56 Å². The Balaban J connectivity index is 2.81. The van der Waals surface area contributed by atoms with Crippen molar-refractivity contribution in [2.45, 2.75) is 46.2 Å². The van der Waals surface area contributed by atoms with Crippen molar-refractivity contribution in [2.24, 2.45) is 0 Å². The van der Waals surface area contributed by atoms with Gasteiger partial charge in [-0.15, -0.1) is 0 Å². The van der Waals surface area contributed by atoms with E-state index in [9.17, 15) is 0 Å². The molecule has 108 valence electrons. The Morgan fingerprint density at radius 1 is 1.32 bits per heavy atom. The third-order valence-corrected chi connectivity index (χ3v) is 3.34. The van der Waals surface area contributed by atoms with Gasteiger partial charge in [0.05, 0.1) is 18.2 Å². The first-order valence-corrected chi connectivity index (χ1v) is 7.60. The SMILES string of the molecule is CCCCOc1c(Br)cc(CNC(C)C)cc1OC. The van der Waals surface area contributed by atoms with Crippen molar-refractivity contribution in [3.8, 4) is 11.5 Å². The molecule has 0 atom stereocenters. The predicted octanol–water partition coefficient (Wildman–Crippen LogP) is 4.13. The quantitative estimate of drug-likeness (QED) is 0.727. The van der Waals surface area contributed by atoms with Crippen LogP contribution in [0.3, 0.4) is 0 Å². The summed E-state index contributed by atoms with van der Waals surface area (Å²) in [6.45, 7) is 7.95. The van der Waals surface area contributed by atoms with Gasteiger partial charge in [0, 0.05) is 12.6 Å². The molecule has 1 aromatic carbocycles. The minimum absolute atomic E-state index is 0.463. The summed E-state index contributed by atoms with van der Waals surface area (Å²) in [5.74, 6) is 1.58. The Morgan fingerprint density at radius 2 is 2.05 bits per heavy atom. The van der Waals surface area contributed by atoms with Gasteiger partial charge in [-0.2, -0.15) is 0 Å². The normalized spacial score (nSPS) is 10.8. The first-order valence-electron chi connectivity index (χ1n) is 6.81. The zero-order valence-corrected chi connectivity index (χ0v) is 13.8. The van der Waals surface area contributed by atoms with Crippen LogP contribution in [0.5, 0.6) is 11.5 Å². The Labute approximate surface area is 124 Å². The van der Waals surface area contributed by atoms with Crippen LogP contribution in [-0.2, 0) is 6.54 Å². The molecule has 0 saturated heterocycles. The minimum Gasteiger partial charge on any atom is -0.493 e. The van der Waals surface area contributed by atoms with Crippen LogP contribution in [0.2, 0.25) is 0 Å². The number of halogens is 1. The van der Waals surface area contributed by atoms with Gasteiger partial charge < -0.3 is 14.8 Å². The molecule has 0 heterocycles. The largest absolute Gasteiger partial charge is 0.493 e. The van der Waals surface area contributed by atoms with E-state index in [0.29, 0.717) is 6.04 Å². The van der Waals surface area contributed by atoms with E-state index in [2.05, 4.69) is 48.1 Å². The molecule has 0 unspecified atom stereocenters. The molecule has 0 fully saturated rings. The second-order valence-corrected chi connectivity index (χ2v) is 5.70. The maximum absolute atomic E-state index is 5.79. The molecule has 0 spiro atoms. The third-order valence-electron chi connectivity index (χ3n) is 2.75. The molecule has 0 radical (unpaired) electrons. The molecule has 0 bridgehead atoms. The van der Waals surface area contributed by atoms with Crippen LogP contribution in [0.1, 0.15) is 39.2 Å². The van der Waals surface area contributed by atoms with Gasteiger partial charge >= 0.3 is 0 Å². The van der Waals surface area contributed by atoms with Crippen molar-refractivity contribution in [3.05, 3.63) is 22.2 Å². The smallest absolute Gasteiger partial charge is 0.175 e. The predicted molar refractivity (Wildman–Crippen MR) is 83.1 cm³/mol. The second-order valence-electron chi connectivity index (χ2n) is 4.85. The highest BCUT2D eigenvalue weighted by Gasteiger charge is 2.11. The number of nitrogens with one attached hydrogen (secondary N) is 1. The highest BCUT2D eigenvalue weighted by Crippen LogP contribution is 2.36. The van der Waals surface area contributed by atoms with Crippen LogP contribution in [0.25, 0.3) is 0 Å². The van der Waals surface area contributed by atoms with Crippen molar-refractivity contribution in [1.29, 1.82) is 0 Å². The molecule has 0 aromatic heterocycles. The van der Waals surface area contributed by atoms with Crippen LogP contribution in [0.15, 0.2) is 16.6 Å². The first kappa shape index (κ1) is 16.3. The highest BCUT2D eigenvalue weighted by atomic mass is 79.9. The average Bonchev–Trinajstić information content (AvgIpc) is 2.38. The maximum atomic E-state index is 5.79. The van der Waals surface area contributed by atoms with Gasteiger partial charge in [0.2, 0.25) is 0 Å². The molecular formula is C15H24BrNO2. The van der Waals surface area contributed by atoms with Crippen LogP contribution in [-0.4, -0.2) is 19.8 Å². The number of hydrogen-bond donors (Lipinski definition) is 1. The lowest BCUT2D eigenvalue weighted by atomic mass is 10.2. The molecule has 0 amide bonds. The zero-order chi connectivity index (χ0) is 14.3. The van der Waals surface area contributed by atoms with Crippen molar-refractivity contribution in [3.63, 3.8) is 0 Å². The summed E-state index contributed by atoms with van der Waals surface area (Å²) in [6.07, 6.45) is 2.17. The van der Waals surface area contributed by atoms with Gasteiger partial charge in [0.1, 0.15) is 0 Å². The Morgan fingerprint density at radius 3 is 2.63 bits per heavy atom. The van der Waals surface area contributed by atoms with Gasteiger partial charge in [-0.1, -0.05) is 27.2 Å². The molecule has 0 saturated carbocycles. The molecule has 4 heteroatoms. The fourth-order valence-electron chi connectivity index (χ4n) is 1.66. The molecule has 1 N–H and O–H groups in total. The first-order chi connectivity index (χ1) is 9.08. The highest BCUT2D eigenvalue weighted by molar-refractivity contribution is 9.10. The van der Waals surface area contributed by atoms with E-state index in [1.807, 2.05) is 6.07 Å². The van der Waals surface area contributed by atoms with Gasteiger partial charge in [0.25, 0.3) is 0 Å². The van der Waals surface area contributed by atoms with Crippen LogP contribution >= 0.6 is 15.9 Å². The third kappa shape index (κ3) is 5.41. The van der Waals surface area contributed by atoms with E-state index >= 15 is 0 Å². The Bertz CT molecular complexity index is 394. The summed E-state index contributed by atoms with van der Waals surface area (Å²) in [6, 6.07) is 4.57. The summed E-state index contributed by atoms with van der Waals surface area (Å²) in [7, 11) is 1.67. The number of unbranched alkanes of at least 4 members (excludes halogenated alkanes) is 1. The zero-order valence-electron chi connectivity index (χ0n) is 12.3. The lowest BCUT2D eigenvalue weighted by molar-refractivity contribution is 0.286. The number of rotatable bonds is 8. The Kier molecular flexibility index (Phi) is 7.24. The van der Waals surface area contributed by atoms with E-state index in [4.69, 9.17) is 9.47 Å². The monoisotopic (exact) mass is 329 g/mol. The standard InChI is InChI=1S/C15H24BrNO2/c1-5-6-7-19-15-13(16)8-12(9-14(15)18-4)10-17-11(2)3/h8-9,11,17H,5-7,10H2,1-4H3. The van der Waals surface area contributed by atoms with E-state index in [-0.39, 0.29) is 0 Å². The van der Waals surface area contributed by atoms with Gasteiger partial charge in [0.15, 0.2) is 11.5 Å². The summed E-state index contributed by atoms with van der Waals surface area (Å²) >= 11 is 3.57. The average molecular weight is 330 g/mol. The number of methoxy groups -OCH3 is 1. The molecule has 0 aliphatic rings. The van der Waals surface area contributed by atoms with Gasteiger partial charge in [-0.05, 0) is 40.0 Å². The van der Waals surface area contributed by atoms with E-state index < -0.39 is 0 Å². The molecule has 3 nitrogen and oxygen atoms in total. The molecule has 0 aliphatic heterocycles. The number of ether oxygens (including phenoxy) is 2. The molecule has 1 aromatic rings. The van der Waals surface area contributed by atoms with Crippen LogP contribution < -0.4 is 14.8 Å². The fraction of sp³-hybridized carbons (Fsp3) is 0.600. The minimum atomic E-state index is 0.463. The van der Waals surface area contributed by atoms with Crippen molar-refractivity contribution in [1.82, 2.24) is 5.32 Å². The molecule has 0 aliphatic carbocycles. The fourth-order valence-corrected chi connectivity index (χ4v) is 2.26. The van der Waals surface area contributed by atoms with E-state index in [0.717, 1.165) is 42.0 Å². The molecule has 19 heavy (non-hydrogen) atoms. The topological polar surface area (TPSA) is 30.5 Å². The molecular weight excluding hydrogens is 306 g/mol. The summed E-state index contributed by atoms with van der Waals surface area (Å²) in [4.78, 5) is 0. The van der Waals surface area contributed by atoms with E-state index in [1.54, 1.807) is 7.11 Å². The van der Waals surface area contributed by atoms with Crippen LogP contribution in [0, 0.1) is 0 Å². The lowest BCUT2D eigenvalue weighted by Crippen LogP contribution is -2.21. The van der Waals surface area contributed by atoms with Gasteiger partial charge in [-0.25, -0.2) is 0 Å². The summed E-state index contributed by atoms with van der Waals surface area (Å²) < 4.78 is 12.2. The van der Waals surface area contributed by atoms with Crippen molar-refractivity contribution in [2.75, 3.05) is 13.7 Å². The lowest BCUT2D eigenvalue weighted by Gasteiger charge is -2.15. The summed E-state index contributed by atoms with van der Waals surface area (Å²) in [5, 5.41) is 3.39. The maximum Gasteiger partial charge on any atom is 0.175 e.